The topological polar surface area (TPSA) is 50.8 Å². The molecular weight excluding hydrogens is 240 g/mol. The van der Waals surface area contributed by atoms with E-state index < -0.39 is 0 Å². The highest BCUT2D eigenvalue weighted by atomic mass is 35.5. The number of aromatic nitrogens is 3. The number of anilines is 1. The Labute approximate surface area is 104 Å². The first-order chi connectivity index (χ1) is 8.08. The van der Waals surface area contributed by atoms with E-state index in [-0.39, 0.29) is 5.91 Å². The van der Waals surface area contributed by atoms with Crippen molar-refractivity contribution in [2.75, 3.05) is 5.32 Å². The molecule has 2 aromatic rings. The number of rotatable bonds is 2. The second-order valence-corrected chi connectivity index (χ2v) is 4.03. The fourth-order valence-electron chi connectivity index (χ4n) is 1.51. The van der Waals surface area contributed by atoms with Crippen LogP contribution in [0.1, 0.15) is 6.92 Å². The van der Waals surface area contributed by atoms with Crippen LogP contribution in [0.5, 0.6) is 0 Å². The first-order valence-electron chi connectivity index (χ1n) is 5.06. The van der Waals surface area contributed by atoms with E-state index in [1.807, 2.05) is 18.2 Å². The average Bonchev–Trinajstić information content (AvgIpc) is 2.59. The normalized spacial score (nSPS) is 10.3. The van der Waals surface area contributed by atoms with Crippen LogP contribution in [-0.4, -0.2) is 15.8 Å². The minimum absolute atomic E-state index is 0.154. The summed E-state index contributed by atoms with van der Waals surface area (Å²) in [6, 6.07) is 7.31. The van der Waals surface area contributed by atoms with Crippen molar-refractivity contribution in [3.63, 3.8) is 0 Å². The Morgan fingerprint density at radius 1 is 1.47 bits per heavy atom. The van der Waals surface area contributed by atoms with E-state index in [0.29, 0.717) is 10.8 Å². The molecule has 0 spiro atoms. The van der Waals surface area contributed by atoms with Crippen LogP contribution in [0.4, 0.5) is 5.82 Å². The summed E-state index contributed by atoms with van der Waals surface area (Å²) in [4.78, 5) is 11.1. The predicted molar refractivity (Wildman–Crippen MR) is 64.1 cm³/mol. The van der Waals surface area contributed by atoms with Gasteiger partial charge in [0.2, 0.25) is 5.91 Å². The van der Waals surface area contributed by atoms with Crippen molar-refractivity contribution in [1.29, 1.82) is 0 Å². The Morgan fingerprint density at radius 2 is 2.18 bits per heavy atom. The number of para-hydroxylation sites is 1. The summed E-state index contributed by atoms with van der Waals surface area (Å²) < 4.78 is 3.19. The van der Waals surface area contributed by atoms with Crippen molar-refractivity contribution >= 4 is 23.3 Å². The monoisotopic (exact) mass is 251 g/mol. The van der Waals surface area contributed by atoms with Gasteiger partial charge in [0.25, 0.3) is 5.82 Å². The van der Waals surface area contributed by atoms with Crippen LogP contribution < -0.4 is 10.00 Å². The molecule has 1 heterocycles. The third kappa shape index (κ3) is 2.45. The quantitative estimate of drug-likeness (QED) is 0.819. The first-order valence-corrected chi connectivity index (χ1v) is 5.44. The molecule has 88 valence electrons. The smallest absolute Gasteiger partial charge is 0.270 e. The standard InChI is InChI=1S/C11H11ClN4O/c1-8(17)13-11-7-15(2)14-16(11)10-6-4-3-5-9(10)12/h3-7H,1-2H3/p+1. The Bertz CT molecular complexity index is 564. The van der Waals surface area contributed by atoms with Crippen LogP contribution in [0.25, 0.3) is 5.69 Å². The predicted octanol–water partition coefficient (Wildman–Crippen LogP) is 1.31. The lowest BCUT2D eigenvalue weighted by Gasteiger charge is -2.00. The summed E-state index contributed by atoms with van der Waals surface area (Å²) in [6.07, 6.45) is 1.71. The Hall–Kier alpha value is -1.88. The van der Waals surface area contributed by atoms with E-state index in [1.165, 1.54) is 6.92 Å². The average molecular weight is 252 g/mol. The minimum Gasteiger partial charge on any atom is -0.288 e. The number of nitrogens with zero attached hydrogens (tertiary/aromatic N) is 3. The summed E-state index contributed by atoms with van der Waals surface area (Å²) in [5.41, 5.74) is 0.721. The molecule has 0 aliphatic rings. The summed E-state index contributed by atoms with van der Waals surface area (Å²) in [5, 5.41) is 7.50. The minimum atomic E-state index is -0.154. The van der Waals surface area contributed by atoms with Crippen LogP contribution in [0.3, 0.4) is 0 Å². The molecule has 1 N–H and O–H groups in total. The van der Waals surface area contributed by atoms with Crippen molar-refractivity contribution in [3.05, 3.63) is 35.5 Å². The van der Waals surface area contributed by atoms with E-state index in [0.717, 1.165) is 5.69 Å². The van der Waals surface area contributed by atoms with Crippen LogP contribution >= 0.6 is 11.6 Å². The lowest BCUT2D eigenvalue weighted by Crippen LogP contribution is -2.30. The van der Waals surface area contributed by atoms with Crippen LogP contribution in [0, 0.1) is 0 Å². The van der Waals surface area contributed by atoms with Crippen molar-refractivity contribution < 1.29 is 9.48 Å². The number of amides is 1. The highest BCUT2D eigenvalue weighted by molar-refractivity contribution is 6.32. The van der Waals surface area contributed by atoms with E-state index in [9.17, 15) is 4.79 Å². The van der Waals surface area contributed by atoms with Crippen molar-refractivity contribution in [2.24, 2.45) is 7.05 Å². The highest BCUT2D eigenvalue weighted by Crippen LogP contribution is 2.21. The summed E-state index contributed by atoms with van der Waals surface area (Å²) in [7, 11) is 1.78. The van der Waals surface area contributed by atoms with Crippen molar-refractivity contribution in [2.45, 2.75) is 6.92 Å². The van der Waals surface area contributed by atoms with E-state index in [4.69, 9.17) is 11.6 Å². The van der Waals surface area contributed by atoms with Gasteiger partial charge in [-0.25, -0.2) is 0 Å². The molecule has 5 nitrogen and oxygen atoms in total. The highest BCUT2D eigenvalue weighted by Gasteiger charge is 2.19. The van der Waals surface area contributed by atoms with Gasteiger partial charge in [0.05, 0.1) is 10.2 Å². The van der Waals surface area contributed by atoms with Gasteiger partial charge >= 0.3 is 0 Å². The van der Waals surface area contributed by atoms with Crippen LogP contribution in [-0.2, 0) is 11.8 Å². The van der Waals surface area contributed by atoms with Crippen LogP contribution in [0.15, 0.2) is 30.5 Å². The molecule has 0 atom stereocenters. The summed E-state index contributed by atoms with van der Waals surface area (Å²) in [6.45, 7) is 1.45. The van der Waals surface area contributed by atoms with E-state index in [1.54, 1.807) is 28.7 Å². The Kier molecular flexibility index (Phi) is 3.10. The molecule has 1 amide bonds. The molecule has 0 aliphatic carbocycles. The number of hydrogen-bond acceptors (Lipinski definition) is 2. The number of carbonyl (C=O) groups is 1. The van der Waals surface area contributed by atoms with Crippen molar-refractivity contribution in [1.82, 2.24) is 9.90 Å². The Morgan fingerprint density at radius 3 is 2.82 bits per heavy atom. The van der Waals surface area contributed by atoms with Crippen LogP contribution in [0.2, 0.25) is 5.02 Å². The number of halogens is 1. The SMILES string of the molecule is CC(=O)Nc1c[n+](C)nn1-c1ccccc1Cl. The van der Waals surface area contributed by atoms with E-state index >= 15 is 0 Å². The van der Waals surface area contributed by atoms with Crippen molar-refractivity contribution in [3.8, 4) is 5.69 Å². The molecular formula is C11H12ClN4O+. The zero-order chi connectivity index (χ0) is 12.4. The maximum absolute atomic E-state index is 11.1. The number of aryl methyl sites for hydroxylation is 1. The Balaban J connectivity index is 2.51. The van der Waals surface area contributed by atoms with Gasteiger partial charge in [-0.2, -0.15) is 0 Å². The molecule has 2 rings (SSSR count). The molecule has 17 heavy (non-hydrogen) atoms. The first kappa shape index (κ1) is 11.6. The number of nitrogens with one attached hydrogen (secondary N) is 1. The molecule has 0 unspecified atom stereocenters. The second kappa shape index (κ2) is 4.55. The molecule has 0 saturated heterocycles. The number of benzene rings is 1. The fourth-order valence-corrected chi connectivity index (χ4v) is 1.73. The van der Waals surface area contributed by atoms with Gasteiger partial charge in [0.15, 0.2) is 11.9 Å². The van der Waals surface area contributed by atoms with Gasteiger partial charge in [-0.15, -0.1) is 4.68 Å². The largest absolute Gasteiger partial charge is 0.288 e. The maximum atomic E-state index is 11.1. The fraction of sp³-hybridized carbons (Fsp3) is 0.182. The molecule has 6 heteroatoms. The van der Waals surface area contributed by atoms with E-state index in [2.05, 4.69) is 10.5 Å². The van der Waals surface area contributed by atoms with Gasteiger partial charge in [-0.3, -0.25) is 10.1 Å². The molecule has 0 radical (unpaired) electrons. The zero-order valence-corrected chi connectivity index (χ0v) is 10.3. The molecule has 0 saturated carbocycles. The molecule has 0 aliphatic heterocycles. The number of hydrogen-bond donors (Lipinski definition) is 1. The van der Waals surface area contributed by atoms with Gasteiger partial charge in [-0.05, 0) is 12.1 Å². The lowest BCUT2D eigenvalue weighted by molar-refractivity contribution is -0.731. The summed E-state index contributed by atoms with van der Waals surface area (Å²) in [5.74, 6) is 0.423. The lowest BCUT2D eigenvalue weighted by atomic mass is 10.3. The van der Waals surface area contributed by atoms with Gasteiger partial charge in [-0.1, -0.05) is 28.4 Å². The van der Waals surface area contributed by atoms with Gasteiger partial charge in [0, 0.05) is 6.92 Å². The third-order valence-corrected chi connectivity index (χ3v) is 2.47. The molecule has 0 fully saturated rings. The number of carbonyl (C=O) groups excluding carboxylic acids is 1. The molecule has 0 bridgehead atoms. The zero-order valence-electron chi connectivity index (χ0n) is 9.51. The summed E-state index contributed by atoms with van der Waals surface area (Å²) >= 11 is 6.09. The third-order valence-electron chi connectivity index (χ3n) is 2.15. The molecule has 1 aromatic carbocycles. The van der Waals surface area contributed by atoms with Gasteiger partial charge < -0.3 is 0 Å². The maximum Gasteiger partial charge on any atom is 0.270 e. The second-order valence-electron chi connectivity index (χ2n) is 3.62. The van der Waals surface area contributed by atoms with Gasteiger partial charge in [0.1, 0.15) is 7.05 Å². The molecule has 1 aromatic heterocycles.